The third-order valence-electron chi connectivity index (χ3n) is 5.38. The standard InChI is InChI=1S/C16H20ClN5O2.C8H14.C2H6/c1-10-9-21(14-13(17)5-4-6-18-14)7-8-22(10)16(23)20-15-19-11(2)12(3)24-15;1-6-7(2)8(3,4)5;1-2/h4-6,10H,7-9H2,1-3H3,(H,19,20,23);6H,1-2H2,3-5H3;1-2H3. The number of hydrogen-bond donors (Lipinski definition) is 1. The van der Waals surface area contributed by atoms with Gasteiger partial charge in [0.05, 0.1) is 10.7 Å². The van der Waals surface area contributed by atoms with Crippen LogP contribution in [0.4, 0.5) is 16.6 Å². The molecule has 2 aromatic heterocycles. The second-order valence-electron chi connectivity index (χ2n) is 8.87. The molecule has 1 fully saturated rings. The highest BCUT2D eigenvalue weighted by Gasteiger charge is 2.29. The van der Waals surface area contributed by atoms with E-state index in [2.05, 4.69) is 54.1 Å². The number of nitrogens with zero attached hydrogens (tertiary/aromatic N) is 4. The van der Waals surface area contributed by atoms with Crippen molar-refractivity contribution in [3.8, 4) is 0 Å². The Morgan fingerprint density at radius 2 is 1.94 bits per heavy atom. The Balaban J connectivity index is 0.000000493. The van der Waals surface area contributed by atoms with Gasteiger partial charge in [0.2, 0.25) is 0 Å². The molecule has 1 aliphatic rings. The Hall–Kier alpha value is -2.80. The summed E-state index contributed by atoms with van der Waals surface area (Å²) in [6.07, 6.45) is 3.53. The second kappa shape index (κ2) is 13.2. The number of amides is 2. The number of rotatable bonds is 3. The molecule has 1 unspecified atom stereocenters. The molecule has 1 atom stereocenters. The van der Waals surface area contributed by atoms with Gasteiger partial charge >= 0.3 is 12.0 Å². The van der Waals surface area contributed by atoms with Crippen LogP contribution in [0.3, 0.4) is 0 Å². The zero-order valence-corrected chi connectivity index (χ0v) is 22.7. The highest BCUT2D eigenvalue weighted by molar-refractivity contribution is 6.32. The summed E-state index contributed by atoms with van der Waals surface area (Å²) in [5, 5.41) is 3.34. The molecule has 1 N–H and O–H groups in total. The first kappa shape index (κ1) is 29.2. The molecule has 188 valence electrons. The first-order chi connectivity index (χ1) is 15.9. The number of nitrogens with one attached hydrogen (secondary N) is 1. The van der Waals surface area contributed by atoms with Crippen LogP contribution in [0, 0.1) is 19.3 Å². The predicted molar refractivity (Wildman–Crippen MR) is 143 cm³/mol. The highest BCUT2D eigenvalue weighted by Crippen LogP contribution is 2.25. The largest absolute Gasteiger partial charge is 0.428 e. The highest BCUT2D eigenvalue weighted by atomic mass is 35.5. The number of aryl methyl sites for hydroxylation is 2. The van der Waals surface area contributed by atoms with Crippen molar-refractivity contribution in [3.05, 3.63) is 59.6 Å². The van der Waals surface area contributed by atoms with E-state index in [-0.39, 0.29) is 23.5 Å². The fourth-order valence-corrected chi connectivity index (χ4v) is 3.30. The molecule has 8 heteroatoms. The summed E-state index contributed by atoms with van der Waals surface area (Å²) in [5.74, 6) is 1.46. The molecule has 3 heterocycles. The number of urea groups is 1. The van der Waals surface area contributed by atoms with Crippen LogP contribution in [0.5, 0.6) is 0 Å². The predicted octanol–water partition coefficient (Wildman–Crippen LogP) is 6.88. The minimum Gasteiger partial charge on any atom is -0.428 e. The van der Waals surface area contributed by atoms with E-state index in [1.165, 1.54) is 0 Å². The number of carbonyl (C=O) groups is 1. The molecule has 0 spiro atoms. The summed E-state index contributed by atoms with van der Waals surface area (Å²) in [6.45, 7) is 25.4. The smallest absolute Gasteiger partial charge is 0.325 e. The lowest BCUT2D eigenvalue weighted by atomic mass is 9.88. The van der Waals surface area contributed by atoms with E-state index < -0.39 is 0 Å². The number of hydrogen-bond acceptors (Lipinski definition) is 5. The summed E-state index contributed by atoms with van der Waals surface area (Å²) >= 11 is 6.21. The van der Waals surface area contributed by atoms with Crippen molar-refractivity contribution < 1.29 is 9.21 Å². The van der Waals surface area contributed by atoms with Gasteiger partial charge in [-0.3, -0.25) is 5.32 Å². The number of anilines is 2. The zero-order chi connectivity index (χ0) is 26.1. The number of pyridine rings is 1. The molecular weight excluding hydrogens is 450 g/mol. The van der Waals surface area contributed by atoms with Gasteiger partial charge in [-0.2, -0.15) is 4.98 Å². The quantitative estimate of drug-likeness (QED) is 0.475. The molecule has 0 bridgehead atoms. The maximum atomic E-state index is 12.5. The maximum Gasteiger partial charge on any atom is 0.325 e. The first-order valence-corrected chi connectivity index (χ1v) is 12.0. The van der Waals surface area contributed by atoms with E-state index in [1.54, 1.807) is 23.2 Å². The summed E-state index contributed by atoms with van der Waals surface area (Å²) < 4.78 is 5.41. The molecule has 2 amide bonds. The third-order valence-corrected chi connectivity index (χ3v) is 5.67. The van der Waals surface area contributed by atoms with Crippen LogP contribution in [0.2, 0.25) is 5.02 Å². The molecule has 0 aromatic carbocycles. The average molecular weight is 490 g/mol. The van der Waals surface area contributed by atoms with Crippen LogP contribution in [0.15, 0.2) is 47.6 Å². The topological polar surface area (TPSA) is 74.5 Å². The molecule has 0 saturated carbocycles. The van der Waals surface area contributed by atoms with Crippen LogP contribution in [-0.4, -0.2) is 46.6 Å². The van der Waals surface area contributed by atoms with Gasteiger partial charge in [-0.1, -0.05) is 71.0 Å². The van der Waals surface area contributed by atoms with E-state index in [0.717, 1.165) is 17.1 Å². The van der Waals surface area contributed by atoms with Crippen LogP contribution in [0.1, 0.15) is 53.0 Å². The number of carbonyl (C=O) groups excluding carboxylic acids is 1. The number of piperazine rings is 1. The van der Waals surface area contributed by atoms with Crippen LogP contribution < -0.4 is 10.2 Å². The molecule has 1 saturated heterocycles. The van der Waals surface area contributed by atoms with Gasteiger partial charge in [-0.15, -0.1) is 0 Å². The first-order valence-electron chi connectivity index (χ1n) is 11.6. The van der Waals surface area contributed by atoms with Gasteiger partial charge in [0, 0.05) is 31.9 Å². The summed E-state index contributed by atoms with van der Waals surface area (Å²) in [7, 11) is 0. The van der Waals surface area contributed by atoms with Crippen molar-refractivity contribution in [1.29, 1.82) is 0 Å². The van der Waals surface area contributed by atoms with Gasteiger partial charge in [0.25, 0.3) is 0 Å². The summed E-state index contributed by atoms with van der Waals surface area (Å²) in [4.78, 5) is 24.8. The number of halogens is 1. The van der Waals surface area contributed by atoms with E-state index >= 15 is 0 Å². The Labute approximate surface area is 209 Å². The molecule has 3 rings (SSSR count). The number of oxazole rings is 1. The van der Waals surface area contributed by atoms with Gasteiger partial charge in [-0.05, 0) is 38.3 Å². The Bertz CT molecular complexity index is 945. The lowest BCUT2D eigenvalue weighted by Gasteiger charge is -2.40. The van der Waals surface area contributed by atoms with Gasteiger partial charge < -0.3 is 14.2 Å². The zero-order valence-electron chi connectivity index (χ0n) is 21.9. The average Bonchev–Trinajstić information content (AvgIpc) is 3.11. The van der Waals surface area contributed by atoms with Gasteiger partial charge in [0.15, 0.2) is 0 Å². The van der Waals surface area contributed by atoms with Crippen molar-refractivity contribution in [1.82, 2.24) is 14.9 Å². The lowest BCUT2D eigenvalue weighted by molar-refractivity contribution is 0.184. The molecule has 34 heavy (non-hydrogen) atoms. The van der Waals surface area contributed by atoms with Crippen molar-refractivity contribution in [2.45, 2.75) is 61.4 Å². The minimum atomic E-state index is -0.212. The second-order valence-corrected chi connectivity index (χ2v) is 9.27. The van der Waals surface area contributed by atoms with E-state index in [0.29, 0.717) is 30.4 Å². The van der Waals surface area contributed by atoms with Crippen LogP contribution >= 0.6 is 11.6 Å². The maximum absolute atomic E-state index is 12.5. The Kier molecular flexibility index (Phi) is 11.3. The molecule has 2 aromatic rings. The van der Waals surface area contributed by atoms with Gasteiger partial charge in [-0.25, -0.2) is 9.78 Å². The van der Waals surface area contributed by atoms with Crippen LogP contribution in [0.25, 0.3) is 0 Å². The lowest BCUT2D eigenvalue weighted by Crippen LogP contribution is -2.55. The molecular formula is C26H40ClN5O2. The van der Waals surface area contributed by atoms with E-state index in [9.17, 15) is 4.79 Å². The Morgan fingerprint density at radius 3 is 2.38 bits per heavy atom. The van der Waals surface area contributed by atoms with Crippen molar-refractivity contribution in [3.63, 3.8) is 0 Å². The third kappa shape index (κ3) is 8.20. The number of allylic oxidation sites excluding steroid dienone is 2. The van der Waals surface area contributed by atoms with E-state index in [4.69, 9.17) is 16.0 Å². The normalized spacial score (nSPS) is 15.4. The SMILES string of the molecule is C=CC(=C)C(C)(C)C.CC.Cc1nc(NC(=O)N2CCN(c3ncccc3Cl)CC2C)oc1C. The van der Waals surface area contributed by atoms with Crippen LogP contribution in [-0.2, 0) is 0 Å². The molecule has 1 aliphatic heterocycles. The van der Waals surface area contributed by atoms with Crippen molar-refractivity contribution in [2.75, 3.05) is 29.9 Å². The minimum absolute atomic E-state index is 0.00831. The summed E-state index contributed by atoms with van der Waals surface area (Å²) in [5.41, 5.74) is 2.06. The molecule has 7 nitrogen and oxygen atoms in total. The van der Waals surface area contributed by atoms with E-state index in [1.807, 2.05) is 40.7 Å². The Morgan fingerprint density at radius 1 is 1.29 bits per heavy atom. The molecule has 0 radical (unpaired) electrons. The summed E-state index contributed by atoms with van der Waals surface area (Å²) in [6, 6.07) is 3.65. The van der Waals surface area contributed by atoms with Crippen molar-refractivity contribution in [2.24, 2.45) is 5.41 Å². The van der Waals surface area contributed by atoms with Crippen molar-refractivity contribution >= 4 is 29.5 Å². The fourth-order valence-electron chi connectivity index (χ4n) is 3.06. The monoisotopic (exact) mass is 489 g/mol. The van der Waals surface area contributed by atoms with Gasteiger partial charge in [0.1, 0.15) is 11.6 Å². The molecule has 0 aliphatic carbocycles. The number of aromatic nitrogens is 2. The fraction of sp³-hybridized carbons (Fsp3) is 0.500.